The lowest BCUT2D eigenvalue weighted by molar-refractivity contribution is 0.340. The van der Waals surface area contributed by atoms with Crippen molar-refractivity contribution in [2.24, 2.45) is 0 Å². The van der Waals surface area contributed by atoms with E-state index in [0.29, 0.717) is 23.5 Å². The predicted molar refractivity (Wildman–Crippen MR) is 89.9 cm³/mol. The number of pyridine rings is 1. The summed E-state index contributed by atoms with van der Waals surface area (Å²) >= 11 is 0. The molecule has 0 aliphatic heterocycles. The second kappa shape index (κ2) is 6.23. The van der Waals surface area contributed by atoms with Crippen LogP contribution in [0.5, 0.6) is 5.75 Å². The molecule has 126 valence electrons. The summed E-state index contributed by atoms with van der Waals surface area (Å²) in [7, 11) is 0. The van der Waals surface area contributed by atoms with Crippen LogP contribution in [0, 0.1) is 0 Å². The number of rotatable bonds is 5. The second-order valence-electron chi connectivity index (χ2n) is 5.36. The van der Waals surface area contributed by atoms with E-state index >= 15 is 0 Å². The first-order valence-corrected chi connectivity index (χ1v) is 7.83. The Morgan fingerprint density at radius 3 is 2.84 bits per heavy atom. The van der Waals surface area contributed by atoms with Crippen LogP contribution in [0.3, 0.4) is 0 Å². The Hall–Kier alpha value is -3.42. The van der Waals surface area contributed by atoms with E-state index in [2.05, 4.69) is 15.3 Å². The monoisotopic (exact) mass is 337 g/mol. The molecule has 25 heavy (non-hydrogen) atoms. The van der Waals surface area contributed by atoms with Crippen molar-refractivity contribution in [1.29, 1.82) is 0 Å². The van der Waals surface area contributed by atoms with E-state index in [1.54, 1.807) is 29.2 Å². The Morgan fingerprint density at radius 2 is 2.04 bits per heavy atom. The Kier molecular flexibility index (Phi) is 3.77. The maximum atomic E-state index is 12.0. The molecule has 0 spiro atoms. The summed E-state index contributed by atoms with van der Waals surface area (Å²) < 4.78 is 13.7. The summed E-state index contributed by atoms with van der Waals surface area (Å²) in [6.45, 7) is 2.79. The van der Waals surface area contributed by atoms with Crippen LogP contribution < -0.4 is 10.5 Å². The topological polar surface area (TPSA) is 88.0 Å². The molecule has 0 bridgehead atoms. The van der Waals surface area contributed by atoms with Crippen molar-refractivity contribution in [3.05, 3.63) is 65.0 Å². The Labute approximate surface area is 142 Å². The molecule has 0 saturated heterocycles. The normalized spacial score (nSPS) is 11.1. The Balaban J connectivity index is 1.61. The highest BCUT2D eigenvalue weighted by Gasteiger charge is 2.12. The first-order valence-electron chi connectivity index (χ1n) is 7.83. The smallest absolute Gasteiger partial charge is 0.421 e. The number of hydrogen-bond donors (Lipinski definition) is 0. The second-order valence-corrected chi connectivity index (χ2v) is 5.36. The molecular formula is C17H15N5O3. The van der Waals surface area contributed by atoms with E-state index in [1.807, 2.05) is 31.2 Å². The van der Waals surface area contributed by atoms with E-state index in [4.69, 9.17) is 9.15 Å². The zero-order valence-corrected chi connectivity index (χ0v) is 13.5. The lowest BCUT2D eigenvalue weighted by Crippen LogP contribution is -2.15. The molecule has 0 unspecified atom stereocenters. The van der Waals surface area contributed by atoms with Crippen molar-refractivity contribution in [3.8, 4) is 11.4 Å². The molecule has 0 aliphatic carbocycles. The zero-order chi connectivity index (χ0) is 17.2. The van der Waals surface area contributed by atoms with Crippen molar-refractivity contribution in [3.63, 3.8) is 0 Å². The van der Waals surface area contributed by atoms with Crippen molar-refractivity contribution < 1.29 is 9.15 Å². The third-order valence-corrected chi connectivity index (χ3v) is 3.70. The van der Waals surface area contributed by atoms with Gasteiger partial charge in [-0.1, -0.05) is 5.21 Å². The Morgan fingerprint density at radius 1 is 1.20 bits per heavy atom. The van der Waals surface area contributed by atoms with Crippen molar-refractivity contribution >= 4 is 11.2 Å². The molecule has 8 heteroatoms. The molecule has 0 fully saturated rings. The number of ether oxygens (including phenoxy) is 1. The lowest BCUT2D eigenvalue weighted by Gasteiger charge is -2.04. The number of oxazole rings is 1. The number of aromatic nitrogens is 5. The maximum absolute atomic E-state index is 12.0. The number of benzene rings is 1. The maximum Gasteiger partial charge on any atom is 0.421 e. The standard InChI is InChI=1S/C17H15N5O3/c1-2-24-14-7-5-13(6-8-14)22-11-12(19-20-22)10-21-16-15(25-17(21)23)4-3-9-18-16/h3-9,11H,2,10H2,1H3. The van der Waals surface area contributed by atoms with Gasteiger partial charge in [-0.15, -0.1) is 5.10 Å². The largest absolute Gasteiger partial charge is 0.494 e. The van der Waals surface area contributed by atoms with Crippen LogP contribution >= 0.6 is 0 Å². The highest BCUT2D eigenvalue weighted by molar-refractivity contribution is 5.67. The van der Waals surface area contributed by atoms with Gasteiger partial charge in [-0.2, -0.15) is 0 Å². The predicted octanol–water partition coefficient (Wildman–Crippen LogP) is 2.02. The third-order valence-electron chi connectivity index (χ3n) is 3.70. The van der Waals surface area contributed by atoms with Crippen LogP contribution in [-0.4, -0.2) is 31.2 Å². The summed E-state index contributed by atoms with van der Waals surface area (Å²) in [6.07, 6.45) is 3.38. The van der Waals surface area contributed by atoms with Crippen LogP contribution in [0.25, 0.3) is 16.9 Å². The van der Waals surface area contributed by atoms with Crippen molar-refractivity contribution in [2.45, 2.75) is 13.5 Å². The van der Waals surface area contributed by atoms with Gasteiger partial charge >= 0.3 is 5.76 Å². The average molecular weight is 337 g/mol. The summed E-state index contributed by atoms with van der Waals surface area (Å²) in [6, 6.07) is 11.0. The SMILES string of the molecule is CCOc1ccc(-n2cc(Cn3c(=O)oc4cccnc43)nn2)cc1. The molecule has 0 aliphatic rings. The van der Waals surface area contributed by atoms with Crippen LogP contribution in [0.15, 0.2) is 58.0 Å². The quantitative estimate of drug-likeness (QED) is 0.553. The van der Waals surface area contributed by atoms with Gasteiger partial charge in [0.1, 0.15) is 11.4 Å². The van der Waals surface area contributed by atoms with E-state index in [-0.39, 0.29) is 6.54 Å². The minimum Gasteiger partial charge on any atom is -0.494 e. The van der Waals surface area contributed by atoms with Crippen molar-refractivity contribution in [2.75, 3.05) is 6.61 Å². The number of nitrogens with zero attached hydrogens (tertiary/aromatic N) is 5. The van der Waals surface area contributed by atoms with Gasteiger partial charge in [0.2, 0.25) is 0 Å². The molecule has 8 nitrogen and oxygen atoms in total. The molecule has 4 aromatic rings. The summed E-state index contributed by atoms with van der Waals surface area (Å²) in [5.41, 5.74) is 2.42. The fraction of sp³-hybridized carbons (Fsp3) is 0.176. The Bertz CT molecular complexity index is 1060. The van der Waals surface area contributed by atoms with Gasteiger partial charge in [-0.3, -0.25) is 4.57 Å². The summed E-state index contributed by atoms with van der Waals surface area (Å²) in [4.78, 5) is 16.2. The van der Waals surface area contributed by atoms with Gasteiger partial charge in [-0.25, -0.2) is 14.5 Å². The van der Waals surface area contributed by atoms with Gasteiger partial charge in [0.15, 0.2) is 11.2 Å². The molecule has 0 radical (unpaired) electrons. The molecule has 0 atom stereocenters. The molecule has 1 aromatic carbocycles. The van der Waals surface area contributed by atoms with E-state index in [9.17, 15) is 4.79 Å². The highest BCUT2D eigenvalue weighted by atomic mass is 16.5. The zero-order valence-electron chi connectivity index (χ0n) is 13.5. The molecule has 0 amide bonds. The molecule has 4 rings (SSSR count). The lowest BCUT2D eigenvalue weighted by atomic mass is 10.3. The van der Waals surface area contributed by atoms with E-state index < -0.39 is 5.76 Å². The molecule has 3 aromatic heterocycles. The molecule has 3 heterocycles. The van der Waals surface area contributed by atoms with E-state index in [1.165, 1.54) is 4.57 Å². The van der Waals surface area contributed by atoms with Gasteiger partial charge in [-0.05, 0) is 43.3 Å². The average Bonchev–Trinajstić information content (AvgIpc) is 3.21. The fourth-order valence-electron chi connectivity index (χ4n) is 2.56. The van der Waals surface area contributed by atoms with Gasteiger partial charge < -0.3 is 9.15 Å². The third kappa shape index (κ3) is 2.89. The highest BCUT2D eigenvalue weighted by Crippen LogP contribution is 2.15. The van der Waals surface area contributed by atoms with Gasteiger partial charge in [0.05, 0.1) is 25.0 Å². The summed E-state index contributed by atoms with van der Waals surface area (Å²) in [5.74, 6) is 0.332. The number of hydrogen-bond acceptors (Lipinski definition) is 6. The van der Waals surface area contributed by atoms with E-state index in [0.717, 1.165) is 11.4 Å². The van der Waals surface area contributed by atoms with Crippen LogP contribution in [0.4, 0.5) is 0 Å². The first kappa shape index (κ1) is 15.1. The van der Waals surface area contributed by atoms with Crippen LogP contribution in [0.2, 0.25) is 0 Å². The van der Waals surface area contributed by atoms with Gasteiger partial charge in [0, 0.05) is 6.20 Å². The molecular weight excluding hydrogens is 322 g/mol. The van der Waals surface area contributed by atoms with Gasteiger partial charge in [0.25, 0.3) is 0 Å². The molecule has 0 N–H and O–H groups in total. The fourth-order valence-corrected chi connectivity index (χ4v) is 2.56. The first-order chi connectivity index (χ1) is 12.2. The molecule has 0 saturated carbocycles. The summed E-state index contributed by atoms with van der Waals surface area (Å²) in [5, 5.41) is 8.24. The van der Waals surface area contributed by atoms with Crippen LogP contribution in [0.1, 0.15) is 12.6 Å². The minimum absolute atomic E-state index is 0.236. The van der Waals surface area contributed by atoms with Crippen LogP contribution in [-0.2, 0) is 6.54 Å². The number of fused-ring (bicyclic) bond motifs is 1. The van der Waals surface area contributed by atoms with Crippen molar-refractivity contribution in [1.82, 2.24) is 24.5 Å². The minimum atomic E-state index is -0.468.